The molecule has 1 aromatic heterocycles. The van der Waals surface area contributed by atoms with Gasteiger partial charge in [-0.15, -0.1) is 0 Å². The largest absolute Gasteiger partial charge is 0.464 e. The number of nitrogens with two attached hydrogens (primary N) is 1. The number of hydrogen-bond acceptors (Lipinski definition) is 5. The highest BCUT2D eigenvalue weighted by molar-refractivity contribution is 5.94. The minimum atomic E-state index is -0.331. The minimum Gasteiger partial charge on any atom is -0.464 e. The Kier molecular flexibility index (Phi) is 5.17. The number of nitrogens with zero attached hydrogens (tertiary/aromatic N) is 1. The van der Waals surface area contributed by atoms with Crippen molar-refractivity contribution in [1.29, 1.82) is 0 Å². The van der Waals surface area contributed by atoms with Gasteiger partial charge in [0.25, 0.3) is 5.91 Å². The Bertz CT molecular complexity index is 457. The number of hydrogen-bond donors (Lipinski definition) is 3. The highest BCUT2D eigenvalue weighted by Crippen LogP contribution is 2.23. The molecule has 1 unspecified atom stereocenters. The predicted octanol–water partition coefficient (Wildman–Crippen LogP) is 0.928. The summed E-state index contributed by atoms with van der Waals surface area (Å²) >= 11 is 0. The number of aliphatic hydroxyl groups is 1. The van der Waals surface area contributed by atoms with Gasteiger partial charge < -0.3 is 9.52 Å². The molecule has 1 amide bonds. The number of aliphatic hydroxyl groups excluding tert-OH is 1. The molecule has 2 rings (SSSR count). The van der Waals surface area contributed by atoms with Gasteiger partial charge in [0.2, 0.25) is 0 Å². The van der Waals surface area contributed by atoms with Crippen LogP contribution < -0.4 is 11.3 Å². The van der Waals surface area contributed by atoms with Crippen molar-refractivity contribution in [1.82, 2.24) is 10.3 Å². The molecule has 0 aromatic carbocycles. The van der Waals surface area contributed by atoms with Crippen molar-refractivity contribution in [2.24, 2.45) is 5.84 Å². The van der Waals surface area contributed by atoms with Gasteiger partial charge in [-0.2, -0.15) is 0 Å². The lowest BCUT2D eigenvalue weighted by Crippen LogP contribution is -2.39. The SMILES string of the molecule is Cc1oc(CN2CCCCC2CCO)cc1C(=O)NN. The standard InChI is InChI=1S/C14H23N3O3/c1-10-13(14(19)16-15)8-12(20-10)9-17-6-3-2-4-11(17)5-7-18/h8,11,18H,2-7,9,15H2,1H3,(H,16,19). The van der Waals surface area contributed by atoms with E-state index in [4.69, 9.17) is 15.4 Å². The van der Waals surface area contributed by atoms with E-state index in [0.29, 0.717) is 23.9 Å². The summed E-state index contributed by atoms with van der Waals surface area (Å²) in [5, 5.41) is 9.14. The quantitative estimate of drug-likeness (QED) is 0.424. The number of carbonyl (C=O) groups excluding carboxylic acids is 1. The Hall–Kier alpha value is -1.37. The third-order valence-corrected chi connectivity index (χ3v) is 3.91. The van der Waals surface area contributed by atoms with Crippen LogP contribution in [0.15, 0.2) is 10.5 Å². The van der Waals surface area contributed by atoms with Crippen LogP contribution in [-0.4, -0.2) is 35.1 Å². The van der Waals surface area contributed by atoms with Crippen LogP contribution in [0.5, 0.6) is 0 Å². The molecule has 2 heterocycles. The van der Waals surface area contributed by atoms with Gasteiger partial charge >= 0.3 is 0 Å². The smallest absolute Gasteiger partial charge is 0.268 e. The fourth-order valence-corrected chi connectivity index (χ4v) is 2.87. The summed E-state index contributed by atoms with van der Waals surface area (Å²) in [6, 6.07) is 2.15. The van der Waals surface area contributed by atoms with Crippen LogP contribution in [0.2, 0.25) is 0 Å². The zero-order valence-corrected chi connectivity index (χ0v) is 11.9. The summed E-state index contributed by atoms with van der Waals surface area (Å²) in [4.78, 5) is 13.9. The molecular formula is C14H23N3O3. The van der Waals surface area contributed by atoms with Gasteiger partial charge in [0.15, 0.2) is 0 Å². The normalized spacial score (nSPS) is 20.1. The average molecular weight is 281 g/mol. The lowest BCUT2D eigenvalue weighted by atomic mass is 9.99. The van der Waals surface area contributed by atoms with Gasteiger partial charge in [-0.1, -0.05) is 6.42 Å². The zero-order chi connectivity index (χ0) is 14.5. The maximum atomic E-state index is 11.6. The average Bonchev–Trinajstić information content (AvgIpc) is 2.81. The highest BCUT2D eigenvalue weighted by atomic mass is 16.3. The summed E-state index contributed by atoms with van der Waals surface area (Å²) in [7, 11) is 0. The van der Waals surface area contributed by atoms with E-state index in [-0.39, 0.29) is 12.5 Å². The molecule has 6 nitrogen and oxygen atoms in total. The number of likely N-dealkylation sites (tertiary alicyclic amines) is 1. The molecule has 6 heteroatoms. The van der Waals surface area contributed by atoms with Crippen LogP contribution in [0.25, 0.3) is 0 Å². The van der Waals surface area contributed by atoms with Gasteiger partial charge in [-0.3, -0.25) is 15.1 Å². The fraction of sp³-hybridized carbons (Fsp3) is 0.643. The molecule has 112 valence electrons. The first-order valence-electron chi connectivity index (χ1n) is 7.11. The minimum absolute atomic E-state index is 0.208. The maximum absolute atomic E-state index is 11.6. The monoisotopic (exact) mass is 281 g/mol. The molecule has 0 radical (unpaired) electrons. The van der Waals surface area contributed by atoms with Crippen molar-refractivity contribution in [3.8, 4) is 0 Å². The molecule has 1 saturated heterocycles. The summed E-state index contributed by atoms with van der Waals surface area (Å²) in [5.41, 5.74) is 2.61. The lowest BCUT2D eigenvalue weighted by Gasteiger charge is -2.34. The van der Waals surface area contributed by atoms with Crippen LogP contribution in [0.3, 0.4) is 0 Å². The van der Waals surface area contributed by atoms with Crippen molar-refractivity contribution in [3.05, 3.63) is 23.2 Å². The summed E-state index contributed by atoms with van der Waals surface area (Å²) < 4.78 is 5.65. The van der Waals surface area contributed by atoms with Gasteiger partial charge in [-0.25, -0.2) is 5.84 Å². The summed E-state index contributed by atoms with van der Waals surface area (Å²) in [5.74, 6) is 6.17. The second-order valence-electron chi connectivity index (χ2n) is 5.29. The lowest BCUT2D eigenvalue weighted by molar-refractivity contribution is 0.0952. The number of rotatable bonds is 5. The van der Waals surface area contributed by atoms with E-state index in [9.17, 15) is 4.79 Å². The third kappa shape index (κ3) is 3.39. The Morgan fingerprint density at radius 2 is 2.40 bits per heavy atom. The Labute approximate surface area is 118 Å². The molecular weight excluding hydrogens is 258 g/mol. The van der Waals surface area contributed by atoms with Gasteiger partial charge in [-0.05, 0) is 38.8 Å². The maximum Gasteiger partial charge on any atom is 0.268 e. The van der Waals surface area contributed by atoms with Crippen molar-refractivity contribution in [3.63, 3.8) is 0 Å². The molecule has 1 aliphatic heterocycles. The number of aryl methyl sites for hydroxylation is 1. The Morgan fingerprint density at radius 3 is 3.10 bits per heavy atom. The fourth-order valence-electron chi connectivity index (χ4n) is 2.87. The molecule has 1 aliphatic rings. The first-order chi connectivity index (χ1) is 9.65. The van der Waals surface area contributed by atoms with Crippen molar-refractivity contribution >= 4 is 5.91 Å². The molecule has 0 bridgehead atoms. The predicted molar refractivity (Wildman–Crippen MR) is 74.9 cm³/mol. The molecule has 1 fully saturated rings. The first kappa shape index (κ1) is 15.0. The Balaban J connectivity index is 2.06. The summed E-state index contributed by atoms with van der Waals surface area (Å²) in [6.45, 7) is 3.64. The van der Waals surface area contributed by atoms with Gasteiger partial charge in [0, 0.05) is 12.6 Å². The number of nitrogens with one attached hydrogen (secondary N) is 1. The van der Waals surface area contributed by atoms with Crippen LogP contribution in [-0.2, 0) is 6.54 Å². The van der Waals surface area contributed by atoms with Crippen molar-refractivity contribution in [2.75, 3.05) is 13.2 Å². The van der Waals surface area contributed by atoms with E-state index in [2.05, 4.69) is 10.3 Å². The number of hydrazine groups is 1. The number of amides is 1. The number of carbonyl (C=O) groups is 1. The Morgan fingerprint density at radius 1 is 1.60 bits per heavy atom. The number of nitrogen functional groups attached to an aromatic ring is 1. The van der Waals surface area contributed by atoms with E-state index >= 15 is 0 Å². The van der Waals surface area contributed by atoms with E-state index < -0.39 is 0 Å². The number of piperidine rings is 1. The molecule has 20 heavy (non-hydrogen) atoms. The van der Waals surface area contributed by atoms with Crippen LogP contribution in [0.1, 0.15) is 47.6 Å². The van der Waals surface area contributed by atoms with Gasteiger partial charge in [0.1, 0.15) is 11.5 Å². The second-order valence-corrected chi connectivity index (χ2v) is 5.29. The first-order valence-corrected chi connectivity index (χ1v) is 7.11. The van der Waals surface area contributed by atoms with E-state index in [0.717, 1.165) is 31.6 Å². The summed E-state index contributed by atoms with van der Waals surface area (Å²) in [6.07, 6.45) is 4.27. The molecule has 0 aliphatic carbocycles. The van der Waals surface area contributed by atoms with Crippen molar-refractivity contribution in [2.45, 2.75) is 45.2 Å². The van der Waals surface area contributed by atoms with Crippen molar-refractivity contribution < 1.29 is 14.3 Å². The zero-order valence-electron chi connectivity index (χ0n) is 11.9. The van der Waals surface area contributed by atoms with E-state index in [1.54, 1.807) is 13.0 Å². The third-order valence-electron chi connectivity index (χ3n) is 3.91. The molecule has 4 N–H and O–H groups in total. The highest BCUT2D eigenvalue weighted by Gasteiger charge is 2.24. The molecule has 0 saturated carbocycles. The second kappa shape index (κ2) is 6.88. The topological polar surface area (TPSA) is 91.7 Å². The molecule has 0 spiro atoms. The van der Waals surface area contributed by atoms with Crippen LogP contribution >= 0.6 is 0 Å². The van der Waals surface area contributed by atoms with Crippen LogP contribution in [0, 0.1) is 6.92 Å². The van der Waals surface area contributed by atoms with Gasteiger partial charge in [0.05, 0.1) is 12.1 Å². The molecule has 1 aromatic rings. The van der Waals surface area contributed by atoms with Crippen LogP contribution in [0.4, 0.5) is 0 Å². The molecule has 1 atom stereocenters. The van der Waals surface area contributed by atoms with E-state index in [1.807, 2.05) is 0 Å². The number of furan rings is 1. The van der Waals surface area contributed by atoms with E-state index in [1.165, 1.54) is 6.42 Å².